The number of methoxy groups -OCH3 is 1. The molecule has 154 valence electrons. The van der Waals surface area contributed by atoms with Crippen LogP contribution in [0.15, 0.2) is 72.3 Å². The lowest BCUT2D eigenvalue weighted by Crippen LogP contribution is -2.27. The van der Waals surface area contributed by atoms with Crippen molar-refractivity contribution in [3.63, 3.8) is 0 Å². The van der Waals surface area contributed by atoms with Crippen LogP contribution in [0.1, 0.15) is 6.42 Å². The molecule has 8 heteroatoms. The molecule has 0 unspecified atom stereocenters. The van der Waals surface area contributed by atoms with Gasteiger partial charge in [-0.1, -0.05) is 30.0 Å². The van der Waals surface area contributed by atoms with E-state index in [4.69, 9.17) is 4.74 Å². The molecule has 7 nitrogen and oxygen atoms in total. The molecule has 1 amide bonds. The second-order valence-electron chi connectivity index (χ2n) is 6.74. The van der Waals surface area contributed by atoms with Gasteiger partial charge in [-0.3, -0.25) is 9.36 Å². The Morgan fingerprint density at radius 1 is 1.13 bits per heavy atom. The van der Waals surface area contributed by atoms with Crippen LogP contribution in [0, 0.1) is 0 Å². The van der Waals surface area contributed by atoms with E-state index in [1.807, 2.05) is 41.0 Å². The maximum absolute atomic E-state index is 12.2. The minimum atomic E-state index is -0.0124. The highest BCUT2D eigenvalue weighted by molar-refractivity contribution is 7.99. The summed E-state index contributed by atoms with van der Waals surface area (Å²) < 4.78 is 9.26. The number of fused-ring (bicyclic) bond motifs is 1. The minimum absolute atomic E-state index is 0.0124. The molecule has 4 rings (SSSR count). The molecule has 0 aliphatic rings. The van der Waals surface area contributed by atoms with Crippen LogP contribution in [0.25, 0.3) is 16.6 Å². The number of benzene rings is 2. The average Bonchev–Trinajstić information content (AvgIpc) is 3.42. The Bertz CT molecular complexity index is 1120. The van der Waals surface area contributed by atoms with Gasteiger partial charge in [0.1, 0.15) is 12.1 Å². The van der Waals surface area contributed by atoms with Crippen molar-refractivity contribution in [1.29, 1.82) is 0 Å². The number of ether oxygens (including phenoxy) is 1. The zero-order chi connectivity index (χ0) is 20.8. The average molecular weight is 422 g/mol. The Morgan fingerprint density at radius 2 is 1.97 bits per heavy atom. The molecule has 1 N–H and O–H groups in total. The highest BCUT2D eigenvalue weighted by Gasteiger charge is 2.10. The van der Waals surface area contributed by atoms with Crippen molar-refractivity contribution < 1.29 is 9.53 Å². The van der Waals surface area contributed by atoms with Gasteiger partial charge in [0.2, 0.25) is 5.91 Å². The first-order chi connectivity index (χ1) is 14.7. The zero-order valence-corrected chi connectivity index (χ0v) is 17.5. The summed E-state index contributed by atoms with van der Waals surface area (Å²) in [5.41, 5.74) is 2.14. The van der Waals surface area contributed by atoms with Crippen LogP contribution in [0.3, 0.4) is 0 Å². The number of aromatic nitrogens is 4. The summed E-state index contributed by atoms with van der Waals surface area (Å²) in [6.07, 6.45) is 4.61. The molecule has 0 saturated carbocycles. The molecule has 2 heterocycles. The van der Waals surface area contributed by atoms with Gasteiger partial charge in [0.05, 0.1) is 12.9 Å². The smallest absolute Gasteiger partial charge is 0.230 e. The van der Waals surface area contributed by atoms with E-state index in [-0.39, 0.29) is 5.91 Å². The monoisotopic (exact) mass is 421 g/mol. The van der Waals surface area contributed by atoms with Gasteiger partial charge < -0.3 is 14.6 Å². The number of aryl methyl sites for hydroxylation is 1. The Morgan fingerprint density at radius 3 is 2.80 bits per heavy atom. The quantitative estimate of drug-likeness (QED) is 0.331. The molecule has 0 bridgehead atoms. The van der Waals surface area contributed by atoms with Crippen LogP contribution >= 0.6 is 11.8 Å². The summed E-state index contributed by atoms with van der Waals surface area (Å²) in [4.78, 5) is 12.2. The van der Waals surface area contributed by atoms with Crippen LogP contribution in [0.5, 0.6) is 5.75 Å². The van der Waals surface area contributed by atoms with E-state index in [0.29, 0.717) is 17.5 Å². The third-order valence-electron chi connectivity index (χ3n) is 4.78. The fraction of sp³-hybridized carbons (Fsp3) is 0.227. The summed E-state index contributed by atoms with van der Waals surface area (Å²) in [5, 5.41) is 13.0. The summed E-state index contributed by atoms with van der Waals surface area (Å²) in [6.45, 7) is 1.50. The normalized spacial score (nSPS) is 11.0. The predicted octanol–water partition coefficient (Wildman–Crippen LogP) is 3.53. The van der Waals surface area contributed by atoms with Crippen molar-refractivity contribution in [1.82, 2.24) is 24.6 Å². The van der Waals surface area contributed by atoms with Crippen molar-refractivity contribution in [2.24, 2.45) is 0 Å². The number of carbonyl (C=O) groups is 1. The molecule has 0 aliphatic carbocycles. The SMILES string of the molecule is COc1ccc(-n2cnnc2SCC(=O)NCCCn2ccc3ccccc32)cc1. The lowest BCUT2D eigenvalue weighted by Gasteiger charge is -2.08. The lowest BCUT2D eigenvalue weighted by atomic mass is 10.2. The molecule has 0 saturated heterocycles. The van der Waals surface area contributed by atoms with Gasteiger partial charge in [0.25, 0.3) is 0 Å². The molecule has 2 aromatic heterocycles. The fourth-order valence-electron chi connectivity index (χ4n) is 3.24. The van der Waals surface area contributed by atoms with Crippen molar-refractivity contribution in [2.45, 2.75) is 18.1 Å². The number of nitrogens with zero attached hydrogens (tertiary/aromatic N) is 4. The van der Waals surface area contributed by atoms with Gasteiger partial charge in [0.15, 0.2) is 5.16 Å². The summed E-state index contributed by atoms with van der Waals surface area (Å²) in [6, 6.07) is 18.0. The summed E-state index contributed by atoms with van der Waals surface area (Å²) in [5.74, 6) is 1.07. The van der Waals surface area contributed by atoms with Crippen molar-refractivity contribution >= 4 is 28.6 Å². The molecule has 30 heavy (non-hydrogen) atoms. The number of para-hydroxylation sites is 1. The Kier molecular flexibility index (Phi) is 6.34. The Balaban J connectivity index is 1.24. The second-order valence-corrected chi connectivity index (χ2v) is 7.68. The number of carbonyl (C=O) groups excluding carboxylic acids is 1. The molecule has 4 aromatic rings. The first-order valence-corrected chi connectivity index (χ1v) is 10.7. The number of nitrogens with one attached hydrogen (secondary N) is 1. The van der Waals surface area contributed by atoms with Crippen LogP contribution in [-0.4, -0.2) is 44.6 Å². The fourth-order valence-corrected chi connectivity index (χ4v) is 4.00. The van der Waals surface area contributed by atoms with E-state index < -0.39 is 0 Å². The van der Waals surface area contributed by atoms with E-state index in [1.165, 1.54) is 22.7 Å². The first kappa shape index (κ1) is 20.0. The van der Waals surface area contributed by atoms with Gasteiger partial charge >= 0.3 is 0 Å². The third kappa shape index (κ3) is 4.65. The van der Waals surface area contributed by atoms with Gasteiger partial charge in [-0.2, -0.15) is 0 Å². The maximum atomic E-state index is 12.2. The van der Waals surface area contributed by atoms with Crippen molar-refractivity contribution in [3.8, 4) is 11.4 Å². The van der Waals surface area contributed by atoms with E-state index in [9.17, 15) is 4.79 Å². The standard InChI is InChI=1S/C22H23N5O2S/c1-29-19-9-7-18(8-10-19)27-16-24-25-22(27)30-15-21(28)23-12-4-13-26-14-11-17-5-2-3-6-20(17)26/h2-3,5-11,14,16H,4,12-13,15H2,1H3,(H,23,28). The van der Waals surface area contributed by atoms with E-state index >= 15 is 0 Å². The number of amides is 1. The molecule has 0 radical (unpaired) electrons. The maximum Gasteiger partial charge on any atom is 0.230 e. The van der Waals surface area contributed by atoms with E-state index in [2.05, 4.69) is 44.5 Å². The molecule has 2 aromatic carbocycles. The van der Waals surface area contributed by atoms with Gasteiger partial charge in [0, 0.05) is 30.5 Å². The van der Waals surface area contributed by atoms with Crippen LogP contribution in [0.2, 0.25) is 0 Å². The Hall–Kier alpha value is -3.26. The predicted molar refractivity (Wildman–Crippen MR) is 118 cm³/mol. The van der Waals surface area contributed by atoms with Crippen LogP contribution < -0.4 is 10.1 Å². The molecule has 0 spiro atoms. The number of hydrogen-bond acceptors (Lipinski definition) is 5. The highest BCUT2D eigenvalue weighted by atomic mass is 32.2. The molecular weight excluding hydrogens is 398 g/mol. The van der Waals surface area contributed by atoms with E-state index in [0.717, 1.165) is 24.4 Å². The summed E-state index contributed by atoms with van der Waals surface area (Å²) >= 11 is 1.37. The molecule has 0 fully saturated rings. The summed E-state index contributed by atoms with van der Waals surface area (Å²) in [7, 11) is 1.63. The largest absolute Gasteiger partial charge is 0.497 e. The first-order valence-electron chi connectivity index (χ1n) is 9.72. The van der Waals surface area contributed by atoms with Crippen molar-refractivity contribution in [2.75, 3.05) is 19.4 Å². The van der Waals surface area contributed by atoms with Crippen LogP contribution in [-0.2, 0) is 11.3 Å². The molecule has 0 atom stereocenters. The lowest BCUT2D eigenvalue weighted by molar-refractivity contribution is -0.118. The zero-order valence-electron chi connectivity index (χ0n) is 16.7. The third-order valence-corrected chi connectivity index (χ3v) is 5.72. The van der Waals surface area contributed by atoms with Gasteiger partial charge in [-0.25, -0.2) is 0 Å². The topological polar surface area (TPSA) is 74.0 Å². The number of thioether (sulfide) groups is 1. The minimum Gasteiger partial charge on any atom is -0.497 e. The van der Waals surface area contributed by atoms with E-state index in [1.54, 1.807) is 13.4 Å². The van der Waals surface area contributed by atoms with Gasteiger partial charge in [-0.05, 0) is 48.2 Å². The highest BCUT2D eigenvalue weighted by Crippen LogP contribution is 2.21. The molecule has 0 aliphatic heterocycles. The number of rotatable bonds is 9. The van der Waals surface area contributed by atoms with Crippen LogP contribution in [0.4, 0.5) is 0 Å². The number of hydrogen-bond donors (Lipinski definition) is 1. The molecular formula is C22H23N5O2S. The second kappa shape index (κ2) is 9.49. The van der Waals surface area contributed by atoms with Gasteiger partial charge in [-0.15, -0.1) is 10.2 Å². The Labute approximate surface area is 179 Å². The van der Waals surface area contributed by atoms with Crippen molar-refractivity contribution in [3.05, 3.63) is 67.1 Å².